The first-order valence-electron chi connectivity index (χ1n) is 7.76. The molecule has 0 aromatic carbocycles. The van der Waals surface area contributed by atoms with E-state index in [1.165, 1.54) is 12.3 Å². The summed E-state index contributed by atoms with van der Waals surface area (Å²) in [6, 6.07) is 1.29. The van der Waals surface area contributed by atoms with Gasteiger partial charge >= 0.3 is 12.3 Å². The highest BCUT2D eigenvalue weighted by molar-refractivity contribution is 5.84. The molecule has 0 saturated carbocycles. The summed E-state index contributed by atoms with van der Waals surface area (Å²) in [5, 5.41) is 4.42. The average Bonchev–Trinajstić information content (AvgIpc) is 2.78. The predicted octanol–water partition coefficient (Wildman–Crippen LogP) is 3.04. The third-order valence-electron chi connectivity index (χ3n) is 3.54. The van der Waals surface area contributed by atoms with Gasteiger partial charge in [0.1, 0.15) is 17.5 Å². The van der Waals surface area contributed by atoms with Gasteiger partial charge in [-0.1, -0.05) is 0 Å². The lowest BCUT2D eigenvalue weighted by Gasteiger charge is -2.19. The van der Waals surface area contributed by atoms with Crippen LogP contribution >= 0.6 is 0 Å². The Balaban J connectivity index is 2.00. The molecule has 0 unspecified atom stereocenters. The first kappa shape index (κ1) is 19.0. The van der Waals surface area contributed by atoms with Gasteiger partial charge in [-0.05, 0) is 51.3 Å². The normalized spacial score (nSPS) is 21.0. The summed E-state index contributed by atoms with van der Waals surface area (Å²) in [7, 11) is 0. The molecule has 138 valence electrons. The number of ether oxygens (including phenoxy) is 1. The van der Waals surface area contributed by atoms with E-state index in [2.05, 4.69) is 10.3 Å². The Labute approximate surface area is 143 Å². The molecular weight excluding hydrogens is 339 g/mol. The topological polar surface area (TPSA) is 80.3 Å². The van der Waals surface area contributed by atoms with Gasteiger partial charge in [-0.2, -0.15) is 13.2 Å². The van der Waals surface area contributed by atoms with E-state index < -0.39 is 35.7 Å². The summed E-state index contributed by atoms with van der Waals surface area (Å²) in [5.41, 5.74) is -0.0694. The maximum atomic E-state index is 12.7. The number of carbonyl (C=O) groups is 2. The molecule has 1 fully saturated rings. The molecule has 9 heteroatoms. The highest BCUT2D eigenvalue weighted by Crippen LogP contribution is 2.31. The average molecular weight is 359 g/mol. The van der Waals surface area contributed by atoms with E-state index in [0.717, 1.165) is 0 Å². The van der Waals surface area contributed by atoms with Crippen LogP contribution in [-0.2, 0) is 16.0 Å². The van der Waals surface area contributed by atoms with Gasteiger partial charge in [-0.3, -0.25) is 10.1 Å². The third-order valence-corrected chi connectivity index (χ3v) is 3.54. The molecule has 0 radical (unpaired) electrons. The molecule has 1 aliphatic heterocycles. The second-order valence-corrected chi connectivity index (χ2v) is 6.92. The van der Waals surface area contributed by atoms with E-state index in [1.807, 2.05) is 5.32 Å². The summed E-state index contributed by atoms with van der Waals surface area (Å²) >= 11 is 0. The minimum atomic E-state index is -4.45. The van der Waals surface area contributed by atoms with Crippen LogP contribution in [0.5, 0.6) is 0 Å². The van der Waals surface area contributed by atoms with Crippen molar-refractivity contribution in [2.45, 2.75) is 51.4 Å². The van der Waals surface area contributed by atoms with Crippen molar-refractivity contribution in [2.75, 3.05) is 5.32 Å². The molecule has 0 aliphatic carbocycles. The highest BCUT2D eigenvalue weighted by atomic mass is 19.4. The molecule has 1 saturated heterocycles. The van der Waals surface area contributed by atoms with Gasteiger partial charge in [0.2, 0.25) is 5.91 Å². The van der Waals surface area contributed by atoms with Crippen molar-refractivity contribution in [3.8, 4) is 0 Å². The van der Waals surface area contributed by atoms with Crippen molar-refractivity contribution in [3.05, 3.63) is 23.9 Å². The van der Waals surface area contributed by atoms with Gasteiger partial charge in [0, 0.05) is 12.1 Å². The van der Waals surface area contributed by atoms with Crippen LogP contribution in [-0.4, -0.2) is 34.8 Å². The van der Waals surface area contributed by atoms with Crippen molar-refractivity contribution in [3.63, 3.8) is 0 Å². The molecule has 6 nitrogen and oxygen atoms in total. The molecule has 2 rings (SSSR count). The van der Waals surface area contributed by atoms with Crippen LogP contribution in [0.1, 0.15) is 32.8 Å². The van der Waals surface area contributed by atoms with Crippen LogP contribution in [0.4, 0.5) is 23.8 Å². The molecule has 2 heterocycles. The van der Waals surface area contributed by atoms with Crippen LogP contribution in [0, 0.1) is 5.92 Å². The lowest BCUT2D eigenvalue weighted by molar-refractivity contribution is -0.154. The molecule has 1 aromatic heterocycles. The summed E-state index contributed by atoms with van der Waals surface area (Å²) < 4.78 is 43.2. The van der Waals surface area contributed by atoms with Crippen LogP contribution in [0.3, 0.4) is 0 Å². The maximum absolute atomic E-state index is 12.7. The quantitative estimate of drug-likeness (QED) is 0.869. The largest absolute Gasteiger partial charge is 0.444 e. The van der Waals surface area contributed by atoms with E-state index in [0.29, 0.717) is 5.56 Å². The van der Waals surface area contributed by atoms with Crippen molar-refractivity contribution in [1.82, 2.24) is 10.3 Å². The zero-order chi connectivity index (χ0) is 18.8. The molecular formula is C16H20F3N3O3. The second kappa shape index (κ2) is 6.89. The van der Waals surface area contributed by atoms with E-state index in [-0.39, 0.29) is 18.7 Å². The van der Waals surface area contributed by atoms with E-state index in [1.54, 1.807) is 26.8 Å². The fourth-order valence-corrected chi connectivity index (χ4v) is 2.49. The monoisotopic (exact) mass is 359 g/mol. The van der Waals surface area contributed by atoms with E-state index >= 15 is 0 Å². The van der Waals surface area contributed by atoms with Gasteiger partial charge in [-0.25, -0.2) is 9.78 Å². The fraction of sp³-hybridized carbons (Fsp3) is 0.562. The Morgan fingerprint density at radius 1 is 1.40 bits per heavy atom. The predicted molar refractivity (Wildman–Crippen MR) is 83.9 cm³/mol. The zero-order valence-electron chi connectivity index (χ0n) is 14.1. The molecule has 2 N–H and O–H groups in total. The minimum Gasteiger partial charge on any atom is -0.444 e. The Bertz CT molecular complexity index is 656. The SMILES string of the molecule is CC(C)(C)OC(=O)Nc1cc(C[C@H]2C[C@@H](C(F)(F)F)NC2=O)ccn1. The van der Waals surface area contributed by atoms with Crippen LogP contribution in [0.25, 0.3) is 0 Å². The van der Waals surface area contributed by atoms with Gasteiger partial charge in [0.25, 0.3) is 0 Å². The Kier molecular flexibility index (Phi) is 5.24. The number of nitrogens with zero attached hydrogens (tertiary/aromatic N) is 1. The summed E-state index contributed by atoms with van der Waals surface area (Å²) in [4.78, 5) is 27.4. The highest BCUT2D eigenvalue weighted by Gasteiger charge is 2.47. The number of pyridine rings is 1. The first-order chi connectivity index (χ1) is 11.4. The lowest BCUT2D eigenvalue weighted by atomic mass is 9.96. The van der Waals surface area contributed by atoms with Crippen molar-refractivity contribution >= 4 is 17.8 Å². The molecule has 2 amide bonds. The molecule has 2 atom stereocenters. The zero-order valence-corrected chi connectivity index (χ0v) is 14.1. The number of alkyl halides is 3. The Hall–Kier alpha value is -2.32. The van der Waals surface area contributed by atoms with Crippen molar-refractivity contribution < 1.29 is 27.5 Å². The van der Waals surface area contributed by atoms with Crippen LogP contribution in [0.2, 0.25) is 0 Å². The summed E-state index contributed by atoms with van der Waals surface area (Å²) in [6.07, 6.45) is -3.90. The standard InChI is InChI=1S/C16H20F3N3O3/c1-15(2,3)25-14(24)22-12-7-9(4-5-20-12)6-10-8-11(16(17,18)19)21-13(10)23/h4-5,7,10-11H,6,8H2,1-3H3,(H,21,23)(H,20,22,24)/t10-,11-/m0/s1. The molecule has 0 spiro atoms. The first-order valence-corrected chi connectivity index (χ1v) is 7.76. The number of rotatable bonds is 3. The Morgan fingerprint density at radius 2 is 2.08 bits per heavy atom. The number of carbonyl (C=O) groups excluding carboxylic acids is 2. The minimum absolute atomic E-state index is 0.129. The smallest absolute Gasteiger partial charge is 0.413 e. The number of hydrogen-bond acceptors (Lipinski definition) is 4. The summed E-state index contributed by atoms with van der Waals surface area (Å²) in [6.45, 7) is 5.14. The van der Waals surface area contributed by atoms with E-state index in [4.69, 9.17) is 4.74 Å². The maximum Gasteiger partial charge on any atom is 0.413 e. The lowest BCUT2D eigenvalue weighted by Crippen LogP contribution is -2.38. The number of nitrogens with one attached hydrogen (secondary N) is 2. The number of halogens is 3. The third kappa shape index (κ3) is 5.61. The van der Waals surface area contributed by atoms with Crippen molar-refractivity contribution in [1.29, 1.82) is 0 Å². The fourth-order valence-electron chi connectivity index (χ4n) is 2.49. The van der Waals surface area contributed by atoms with Crippen molar-refractivity contribution in [2.24, 2.45) is 5.92 Å². The number of aromatic nitrogens is 1. The van der Waals surface area contributed by atoms with Gasteiger partial charge in [0.05, 0.1) is 0 Å². The molecule has 0 bridgehead atoms. The van der Waals surface area contributed by atoms with Crippen LogP contribution < -0.4 is 10.6 Å². The molecule has 1 aliphatic rings. The second-order valence-electron chi connectivity index (χ2n) is 6.92. The summed E-state index contributed by atoms with van der Waals surface area (Å²) in [5.74, 6) is -1.19. The number of hydrogen-bond donors (Lipinski definition) is 2. The molecule has 1 aromatic rings. The Morgan fingerprint density at radius 3 is 2.64 bits per heavy atom. The molecule has 25 heavy (non-hydrogen) atoms. The number of amides is 2. The van der Waals surface area contributed by atoms with Gasteiger partial charge in [0.15, 0.2) is 0 Å². The van der Waals surface area contributed by atoms with E-state index in [9.17, 15) is 22.8 Å². The van der Waals surface area contributed by atoms with Gasteiger partial charge in [-0.15, -0.1) is 0 Å². The van der Waals surface area contributed by atoms with Gasteiger partial charge < -0.3 is 10.1 Å². The number of anilines is 1. The van der Waals surface area contributed by atoms with Crippen LogP contribution in [0.15, 0.2) is 18.3 Å².